The minimum Gasteiger partial charge on any atom is -0.587 e. The van der Waals surface area contributed by atoms with Crippen molar-refractivity contribution in [2.75, 3.05) is 0 Å². The topological polar surface area (TPSA) is 40.1 Å². The van der Waals surface area contributed by atoms with Gasteiger partial charge in [0.15, 0.2) is 0 Å². The van der Waals surface area contributed by atoms with Gasteiger partial charge in [0.1, 0.15) is 8.93 Å². The average molecular weight is 156 g/mol. The zero-order chi connectivity index (χ0) is 5.86. The van der Waals surface area contributed by atoms with Crippen LogP contribution in [-0.2, 0) is 4.46 Å². The first-order chi connectivity index (χ1) is 3.13. The van der Waals surface area contributed by atoms with Gasteiger partial charge >= 0.3 is 51.4 Å². The molecular formula is C4H9KO2Si. The first kappa shape index (κ1) is 12.2. The van der Waals surface area contributed by atoms with E-state index in [1.807, 2.05) is 13.8 Å². The van der Waals surface area contributed by atoms with Crippen LogP contribution in [0, 0.1) is 5.92 Å². The molecule has 0 aliphatic rings. The van der Waals surface area contributed by atoms with Crippen molar-refractivity contribution < 1.29 is 60.6 Å². The SMILES string of the molecule is CC(C)C[Si](=O)[O-].[K+]. The van der Waals surface area contributed by atoms with Crippen molar-refractivity contribution in [3.8, 4) is 0 Å². The molecule has 0 spiro atoms. The molecule has 0 N–H and O–H groups in total. The number of hydrogen-bond donors (Lipinski definition) is 0. The van der Waals surface area contributed by atoms with Gasteiger partial charge in [-0.3, -0.25) is 0 Å². The Hall–Kier alpha value is 1.45. The second-order valence-electron chi connectivity index (χ2n) is 1.97. The van der Waals surface area contributed by atoms with Crippen molar-refractivity contribution >= 4 is 8.93 Å². The van der Waals surface area contributed by atoms with E-state index in [0.717, 1.165) is 0 Å². The summed E-state index contributed by atoms with van der Waals surface area (Å²) < 4.78 is 9.88. The molecule has 2 nitrogen and oxygen atoms in total. The summed E-state index contributed by atoms with van der Waals surface area (Å²) in [5.41, 5.74) is 0. The van der Waals surface area contributed by atoms with Crippen LogP contribution in [0.4, 0.5) is 0 Å². The summed E-state index contributed by atoms with van der Waals surface area (Å²) in [6.07, 6.45) is 0. The largest absolute Gasteiger partial charge is 1.00 e. The van der Waals surface area contributed by atoms with Gasteiger partial charge < -0.3 is 9.26 Å². The third kappa shape index (κ3) is 10.4. The molecular weight excluding hydrogens is 147 g/mol. The molecule has 0 atom stereocenters. The van der Waals surface area contributed by atoms with Gasteiger partial charge in [0, 0.05) is 0 Å². The molecule has 0 bridgehead atoms. The first-order valence-corrected chi connectivity index (χ1v) is 3.85. The zero-order valence-electron chi connectivity index (χ0n) is 5.60. The second kappa shape index (κ2) is 6.57. The van der Waals surface area contributed by atoms with Crippen molar-refractivity contribution in [3.63, 3.8) is 0 Å². The van der Waals surface area contributed by atoms with Crippen LogP contribution in [-0.4, -0.2) is 8.93 Å². The number of hydrogen-bond acceptors (Lipinski definition) is 2. The molecule has 0 aromatic rings. The normalized spacial score (nSPS) is 8.38. The fraction of sp³-hybridized carbons (Fsp3) is 1.00. The third-order valence-corrected chi connectivity index (χ3v) is 1.72. The molecule has 8 heavy (non-hydrogen) atoms. The molecule has 42 valence electrons. The van der Waals surface area contributed by atoms with Gasteiger partial charge in [0.05, 0.1) is 0 Å². The Morgan fingerprint density at radius 1 is 1.62 bits per heavy atom. The summed E-state index contributed by atoms with van der Waals surface area (Å²) in [6, 6.07) is 0.352. The van der Waals surface area contributed by atoms with E-state index in [-0.39, 0.29) is 51.4 Å². The summed E-state index contributed by atoms with van der Waals surface area (Å²) in [5.74, 6) is 0.295. The van der Waals surface area contributed by atoms with Gasteiger partial charge in [-0.1, -0.05) is 13.8 Å². The van der Waals surface area contributed by atoms with Gasteiger partial charge in [-0.2, -0.15) is 0 Å². The Bertz CT molecular complexity index is 74.4. The molecule has 0 fully saturated rings. The summed E-state index contributed by atoms with van der Waals surface area (Å²) in [6.45, 7) is 3.78. The van der Waals surface area contributed by atoms with E-state index < -0.39 is 8.93 Å². The smallest absolute Gasteiger partial charge is 0.587 e. The van der Waals surface area contributed by atoms with Crippen molar-refractivity contribution in [1.29, 1.82) is 0 Å². The summed E-state index contributed by atoms with van der Waals surface area (Å²) in [4.78, 5) is 9.88. The molecule has 0 aliphatic heterocycles. The molecule has 0 saturated heterocycles. The minimum absolute atomic E-state index is 0. The molecule has 0 saturated carbocycles. The minimum atomic E-state index is -2.43. The van der Waals surface area contributed by atoms with Crippen molar-refractivity contribution in [2.45, 2.75) is 19.9 Å². The van der Waals surface area contributed by atoms with E-state index in [1.54, 1.807) is 0 Å². The fourth-order valence-electron chi connectivity index (χ4n) is 0.333. The molecule has 0 radical (unpaired) electrons. The van der Waals surface area contributed by atoms with Gasteiger partial charge in [-0.05, 0) is 12.0 Å². The van der Waals surface area contributed by atoms with Crippen LogP contribution in [0.3, 0.4) is 0 Å². The van der Waals surface area contributed by atoms with Crippen LogP contribution in [0.15, 0.2) is 0 Å². The Kier molecular flexibility index (Phi) is 9.99. The average Bonchev–Trinajstić information content (AvgIpc) is 1.27. The standard InChI is InChI=1S/C4H9O2Si.K/c1-4(2)3-7(5)6;/h4H,3H2,1-2H3;/q-1;+1. The summed E-state index contributed by atoms with van der Waals surface area (Å²) in [5, 5.41) is 0. The number of rotatable bonds is 2. The van der Waals surface area contributed by atoms with Crippen molar-refractivity contribution in [3.05, 3.63) is 0 Å². The van der Waals surface area contributed by atoms with Gasteiger partial charge in [-0.15, -0.1) is 0 Å². The van der Waals surface area contributed by atoms with E-state index >= 15 is 0 Å². The quantitative estimate of drug-likeness (QED) is 0.398. The van der Waals surface area contributed by atoms with E-state index in [0.29, 0.717) is 12.0 Å². The van der Waals surface area contributed by atoms with Crippen molar-refractivity contribution in [1.82, 2.24) is 0 Å². The molecule has 0 amide bonds. The van der Waals surface area contributed by atoms with Crippen LogP contribution < -0.4 is 56.2 Å². The van der Waals surface area contributed by atoms with Crippen LogP contribution in [0.5, 0.6) is 0 Å². The van der Waals surface area contributed by atoms with Crippen LogP contribution in [0.25, 0.3) is 0 Å². The van der Waals surface area contributed by atoms with Gasteiger partial charge in [0.2, 0.25) is 0 Å². The Balaban J connectivity index is 0. The third-order valence-electron chi connectivity index (χ3n) is 0.575. The Morgan fingerprint density at radius 2 is 2.00 bits per heavy atom. The fourth-order valence-corrected chi connectivity index (χ4v) is 1.00. The first-order valence-electron chi connectivity index (χ1n) is 2.32. The van der Waals surface area contributed by atoms with Gasteiger partial charge in [0.25, 0.3) is 0 Å². The van der Waals surface area contributed by atoms with Crippen LogP contribution in [0.2, 0.25) is 6.04 Å². The van der Waals surface area contributed by atoms with E-state index in [2.05, 4.69) is 0 Å². The Morgan fingerprint density at radius 3 is 2.00 bits per heavy atom. The molecule has 0 aliphatic carbocycles. The predicted molar refractivity (Wildman–Crippen MR) is 26.1 cm³/mol. The second-order valence-corrected chi connectivity index (χ2v) is 3.12. The molecule has 0 rings (SSSR count). The molecule has 0 aromatic heterocycles. The molecule has 4 heteroatoms. The van der Waals surface area contributed by atoms with E-state index in [9.17, 15) is 9.26 Å². The monoisotopic (exact) mass is 156 g/mol. The Labute approximate surface area is 93.9 Å². The summed E-state index contributed by atoms with van der Waals surface area (Å²) in [7, 11) is -2.43. The van der Waals surface area contributed by atoms with E-state index in [4.69, 9.17) is 0 Å². The summed E-state index contributed by atoms with van der Waals surface area (Å²) >= 11 is 0. The maximum Gasteiger partial charge on any atom is 1.00 e. The maximum atomic E-state index is 9.88. The van der Waals surface area contributed by atoms with E-state index in [1.165, 1.54) is 0 Å². The van der Waals surface area contributed by atoms with Crippen LogP contribution >= 0.6 is 0 Å². The predicted octanol–water partition coefficient (Wildman–Crippen LogP) is -3.07. The molecule has 0 unspecified atom stereocenters. The maximum absolute atomic E-state index is 9.88. The van der Waals surface area contributed by atoms with Crippen LogP contribution in [0.1, 0.15) is 13.8 Å². The van der Waals surface area contributed by atoms with Crippen molar-refractivity contribution in [2.24, 2.45) is 5.92 Å². The van der Waals surface area contributed by atoms with Gasteiger partial charge in [-0.25, -0.2) is 0 Å². The zero-order valence-corrected chi connectivity index (χ0v) is 9.72. The molecule has 0 heterocycles. The molecule has 0 aromatic carbocycles.